The minimum Gasteiger partial charge on any atom is -0.464 e. The van der Waals surface area contributed by atoms with Gasteiger partial charge in [-0.2, -0.15) is 0 Å². The minimum absolute atomic E-state index is 0.0771. The van der Waals surface area contributed by atoms with Crippen LogP contribution < -0.4 is 5.73 Å². The van der Waals surface area contributed by atoms with Gasteiger partial charge in [0.25, 0.3) is 0 Å². The van der Waals surface area contributed by atoms with Gasteiger partial charge in [-0.25, -0.2) is 22.4 Å². The van der Waals surface area contributed by atoms with Gasteiger partial charge in [0.15, 0.2) is 11.6 Å². The van der Waals surface area contributed by atoms with Gasteiger partial charge in [0.05, 0.1) is 12.6 Å². The number of carbonyl (C=O) groups is 1. The Labute approximate surface area is 101 Å². The summed E-state index contributed by atoms with van der Waals surface area (Å²) in [4.78, 5) is 11.1. The van der Waals surface area contributed by atoms with Crippen LogP contribution in [0.2, 0.25) is 0 Å². The lowest BCUT2D eigenvalue weighted by Crippen LogP contribution is -2.32. The van der Waals surface area contributed by atoms with Crippen molar-refractivity contribution < 1.29 is 27.1 Å². The smallest absolute Gasteiger partial charge is 0.342 e. The summed E-state index contributed by atoms with van der Waals surface area (Å²) in [6.45, 7) is 1.38. The largest absolute Gasteiger partial charge is 0.464 e. The van der Waals surface area contributed by atoms with Gasteiger partial charge in [-0.05, 0) is 13.0 Å². The van der Waals surface area contributed by atoms with Crippen LogP contribution in [-0.2, 0) is 9.53 Å². The molecule has 0 fully saturated rings. The lowest BCUT2D eigenvalue weighted by molar-refractivity contribution is -0.149. The Kier molecular flexibility index (Phi) is 4.66. The van der Waals surface area contributed by atoms with Crippen LogP contribution in [0.4, 0.5) is 17.6 Å². The molecule has 1 rings (SSSR count). The third-order valence-electron chi connectivity index (χ3n) is 2.23. The molecule has 1 unspecified atom stereocenters. The summed E-state index contributed by atoms with van der Waals surface area (Å²) in [6, 6.07) is -1.11. The summed E-state index contributed by atoms with van der Waals surface area (Å²) in [5.74, 6) is -5.31. The van der Waals surface area contributed by atoms with E-state index >= 15 is 0 Å². The molecule has 0 aromatic heterocycles. The molecule has 1 aromatic rings. The van der Waals surface area contributed by atoms with Crippen LogP contribution in [0.3, 0.4) is 0 Å². The van der Waals surface area contributed by atoms with Crippen molar-refractivity contribution in [2.24, 2.45) is 5.73 Å². The van der Waals surface area contributed by atoms with Crippen LogP contribution in [0, 0.1) is 17.5 Å². The second kappa shape index (κ2) is 5.81. The van der Waals surface area contributed by atoms with E-state index in [1.807, 2.05) is 0 Å². The fourth-order valence-corrected chi connectivity index (χ4v) is 1.32. The predicted molar refractivity (Wildman–Crippen MR) is 54.8 cm³/mol. The highest BCUT2D eigenvalue weighted by atomic mass is 19.2. The molecule has 18 heavy (non-hydrogen) atoms. The fraction of sp³-hybridized carbons (Fsp3) is 0.364. The number of ether oxygens (including phenoxy) is 1. The number of esters is 1. The maximum Gasteiger partial charge on any atom is 0.342 e. The Bertz CT molecular complexity index is 453. The highest BCUT2D eigenvalue weighted by molar-refractivity contribution is 5.75. The van der Waals surface area contributed by atoms with Gasteiger partial charge in [-0.3, -0.25) is 0 Å². The number of nitrogens with two attached hydrogens (primary N) is 1. The zero-order valence-corrected chi connectivity index (χ0v) is 9.42. The first-order valence-electron chi connectivity index (χ1n) is 5.09. The van der Waals surface area contributed by atoms with Crippen molar-refractivity contribution in [3.8, 4) is 0 Å². The number of halogens is 4. The van der Waals surface area contributed by atoms with Gasteiger partial charge in [0.2, 0.25) is 6.17 Å². The van der Waals surface area contributed by atoms with E-state index in [9.17, 15) is 22.4 Å². The van der Waals surface area contributed by atoms with Crippen molar-refractivity contribution >= 4 is 5.97 Å². The van der Waals surface area contributed by atoms with E-state index in [2.05, 4.69) is 4.74 Å². The quantitative estimate of drug-likeness (QED) is 0.514. The predicted octanol–water partition coefficient (Wildman–Crippen LogP) is 2.00. The molecule has 0 heterocycles. The molecule has 7 heteroatoms. The molecule has 3 nitrogen and oxygen atoms in total. The number of hydrogen-bond donors (Lipinski definition) is 1. The maximum atomic E-state index is 13.5. The SMILES string of the molecule is CCOC(=O)C(F)[C@@H](N)c1cc(F)c(F)cc1F. The molecule has 2 atom stereocenters. The zero-order valence-electron chi connectivity index (χ0n) is 9.42. The number of rotatable bonds is 4. The molecule has 1 aromatic carbocycles. The third kappa shape index (κ3) is 2.98. The monoisotopic (exact) mass is 265 g/mol. The lowest BCUT2D eigenvalue weighted by atomic mass is 10.0. The number of alkyl halides is 1. The first kappa shape index (κ1) is 14.4. The Morgan fingerprint density at radius 3 is 2.39 bits per heavy atom. The standard InChI is InChI=1S/C11H11F4NO2/c1-2-18-11(17)9(15)10(16)5-3-7(13)8(14)4-6(5)12/h3-4,9-10H,2,16H2,1H3/t9?,10-/m0/s1. The van der Waals surface area contributed by atoms with Gasteiger partial charge in [0.1, 0.15) is 5.82 Å². The van der Waals surface area contributed by atoms with Crippen LogP contribution in [0.15, 0.2) is 12.1 Å². The van der Waals surface area contributed by atoms with E-state index in [1.165, 1.54) is 6.92 Å². The van der Waals surface area contributed by atoms with Crippen molar-refractivity contribution in [2.45, 2.75) is 19.1 Å². The number of carbonyl (C=O) groups excluding carboxylic acids is 1. The maximum absolute atomic E-state index is 13.5. The van der Waals surface area contributed by atoms with Gasteiger partial charge in [-0.1, -0.05) is 0 Å². The van der Waals surface area contributed by atoms with Gasteiger partial charge >= 0.3 is 5.97 Å². The summed E-state index contributed by atoms with van der Waals surface area (Å²) in [5, 5.41) is 0. The van der Waals surface area contributed by atoms with E-state index in [0.29, 0.717) is 6.07 Å². The summed E-state index contributed by atoms with van der Waals surface area (Å²) in [5.41, 5.74) is 4.65. The molecule has 100 valence electrons. The molecular formula is C11H11F4NO2. The Morgan fingerprint density at radius 1 is 1.28 bits per heavy atom. The van der Waals surface area contributed by atoms with Crippen molar-refractivity contribution in [1.82, 2.24) is 0 Å². The topological polar surface area (TPSA) is 52.3 Å². The molecule has 2 N–H and O–H groups in total. The Hall–Kier alpha value is -1.63. The van der Waals surface area contributed by atoms with Crippen molar-refractivity contribution in [1.29, 1.82) is 0 Å². The van der Waals surface area contributed by atoms with Gasteiger partial charge in [0, 0.05) is 11.6 Å². The molecule has 0 saturated heterocycles. The number of hydrogen-bond acceptors (Lipinski definition) is 3. The van der Waals surface area contributed by atoms with E-state index in [0.717, 1.165) is 0 Å². The highest BCUT2D eigenvalue weighted by Gasteiger charge is 2.30. The van der Waals surface area contributed by atoms with E-state index in [4.69, 9.17) is 5.73 Å². The molecule has 0 amide bonds. The summed E-state index contributed by atoms with van der Waals surface area (Å²) < 4.78 is 56.7. The summed E-state index contributed by atoms with van der Waals surface area (Å²) in [7, 11) is 0. The normalized spacial score (nSPS) is 14.1. The summed E-state index contributed by atoms with van der Waals surface area (Å²) in [6.07, 6.45) is -2.36. The molecule has 0 aliphatic rings. The average Bonchev–Trinajstić information content (AvgIpc) is 2.32. The number of benzene rings is 1. The molecule has 0 aliphatic heterocycles. The molecule has 0 saturated carbocycles. The highest BCUT2D eigenvalue weighted by Crippen LogP contribution is 2.23. The van der Waals surface area contributed by atoms with Crippen molar-refractivity contribution in [2.75, 3.05) is 6.61 Å². The van der Waals surface area contributed by atoms with Crippen molar-refractivity contribution in [3.05, 3.63) is 35.1 Å². The van der Waals surface area contributed by atoms with E-state index in [1.54, 1.807) is 0 Å². The van der Waals surface area contributed by atoms with Crippen LogP contribution in [0.25, 0.3) is 0 Å². The molecule has 0 radical (unpaired) electrons. The first-order chi connectivity index (χ1) is 8.38. The van der Waals surface area contributed by atoms with Crippen LogP contribution in [0.1, 0.15) is 18.5 Å². The van der Waals surface area contributed by atoms with E-state index in [-0.39, 0.29) is 12.7 Å². The second-order valence-corrected chi connectivity index (χ2v) is 3.47. The molecule has 0 bridgehead atoms. The molecule has 0 aliphatic carbocycles. The van der Waals surface area contributed by atoms with Gasteiger partial charge in [-0.15, -0.1) is 0 Å². The molecule has 0 spiro atoms. The molecular weight excluding hydrogens is 254 g/mol. The fourth-order valence-electron chi connectivity index (χ4n) is 1.32. The summed E-state index contributed by atoms with van der Waals surface area (Å²) >= 11 is 0. The third-order valence-corrected chi connectivity index (χ3v) is 2.23. The minimum atomic E-state index is -2.36. The van der Waals surface area contributed by atoms with E-state index < -0.39 is 41.2 Å². The zero-order chi connectivity index (χ0) is 13.9. The van der Waals surface area contributed by atoms with Crippen LogP contribution in [0.5, 0.6) is 0 Å². The Balaban J connectivity index is 3.00. The van der Waals surface area contributed by atoms with Crippen LogP contribution in [-0.4, -0.2) is 18.7 Å². The average molecular weight is 265 g/mol. The van der Waals surface area contributed by atoms with Gasteiger partial charge < -0.3 is 10.5 Å². The lowest BCUT2D eigenvalue weighted by Gasteiger charge is -2.16. The Morgan fingerprint density at radius 2 is 1.83 bits per heavy atom. The van der Waals surface area contributed by atoms with Crippen LogP contribution >= 0.6 is 0 Å². The first-order valence-corrected chi connectivity index (χ1v) is 5.09. The van der Waals surface area contributed by atoms with Crippen molar-refractivity contribution in [3.63, 3.8) is 0 Å². The second-order valence-electron chi connectivity index (χ2n) is 3.47.